The molecule has 0 heterocycles. The van der Waals surface area contributed by atoms with Gasteiger partial charge in [0.2, 0.25) is 9.84 Å². The quantitative estimate of drug-likeness (QED) is 0.524. The summed E-state index contributed by atoms with van der Waals surface area (Å²) >= 11 is 0. The van der Waals surface area contributed by atoms with Crippen LogP contribution in [0.4, 0.5) is 13.2 Å². The third-order valence-electron chi connectivity index (χ3n) is 4.81. The number of sulfone groups is 1. The van der Waals surface area contributed by atoms with E-state index >= 15 is 0 Å². The predicted octanol–water partition coefficient (Wildman–Crippen LogP) is 6.22. The Bertz CT molecular complexity index is 1170. The molecule has 0 bridgehead atoms. The van der Waals surface area contributed by atoms with Gasteiger partial charge >= 0.3 is 6.36 Å². The number of rotatable bonds is 4. The van der Waals surface area contributed by atoms with Crippen molar-refractivity contribution in [2.45, 2.75) is 63.6 Å². The minimum absolute atomic E-state index is 0.105. The number of aromatic hydroxyl groups is 1. The molecule has 5 nitrogen and oxygen atoms in total. The zero-order valence-corrected chi connectivity index (χ0v) is 20.0. The van der Waals surface area contributed by atoms with Crippen LogP contribution in [0.2, 0.25) is 0 Å². The fourth-order valence-electron chi connectivity index (χ4n) is 3.15. The van der Waals surface area contributed by atoms with Crippen LogP contribution in [0.25, 0.3) is 6.08 Å². The summed E-state index contributed by atoms with van der Waals surface area (Å²) in [6.45, 7) is 11.4. The molecule has 1 N–H and O–H groups in total. The van der Waals surface area contributed by atoms with Crippen LogP contribution in [0.1, 0.15) is 58.2 Å². The normalized spacial score (nSPS) is 13.5. The van der Waals surface area contributed by atoms with Crippen LogP contribution in [0, 0.1) is 11.3 Å². The number of alkyl halides is 3. The van der Waals surface area contributed by atoms with Crippen LogP contribution < -0.4 is 4.74 Å². The number of nitrogens with zero attached hydrogens (tertiary/aromatic N) is 1. The average Bonchev–Trinajstić information content (AvgIpc) is 2.64. The smallest absolute Gasteiger partial charge is 0.507 e. The molecule has 2 aromatic carbocycles. The number of allylic oxidation sites excluding steroid dienone is 1. The van der Waals surface area contributed by atoms with Gasteiger partial charge in [0.05, 0.1) is 4.90 Å². The molecule has 9 heteroatoms. The summed E-state index contributed by atoms with van der Waals surface area (Å²) in [5, 5.41) is 20.4. The van der Waals surface area contributed by atoms with Crippen molar-refractivity contribution in [1.29, 1.82) is 5.26 Å². The van der Waals surface area contributed by atoms with Crippen LogP contribution in [0.3, 0.4) is 0 Å². The fraction of sp³-hybridized carbons (Fsp3) is 0.375. The second kappa shape index (κ2) is 8.75. The van der Waals surface area contributed by atoms with Crippen molar-refractivity contribution in [2.24, 2.45) is 0 Å². The number of nitriles is 1. The van der Waals surface area contributed by atoms with Gasteiger partial charge in [0.15, 0.2) is 0 Å². The van der Waals surface area contributed by atoms with Crippen LogP contribution in [-0.4, -0.2) is 19.9 Å². The molecule has 178 valence electrons. The SMILES string of the molecule is CC(C)(C)c1cc(/C=C(\C#N)S(=O)(=O)c2ccc(OC(F)(F)F)cc2)cc(C(C)(C)C)c1O. The van der Waals surface area contributed by atoms with Gasteiger partial charge in [-0.1, -0.05) is 41.5 Å². The Morgan fingerprint density at radius 1 is 0.970 bits per heavy atom. The Labute approximate surface area is 192 Å². The van der Waals surface area contributed by atoms with Crippen molar-refractivity contribution in [3.8, 4) is 17.6 Å². The molecule has 2 rings (SSSR count). The van der Waals surface area contributed by atoms with Gasteiger partial charge in [-0.3, -0.25) is 0 Å². The summed E-state index contributed by atoms with van der Waals surface area (Å²) < 4.78 is 66.8. The highest BCUT2D eigenvalue weighted by atomic mass is 32.2. The first-order chi connectivity index (χ1) is 14.9. The highest BCUT2D eigenvalue weighted by Crippen LogP contribution is 2.40. The monoisotopic (exact) mass is 481 g/mol. The molecule has 0 saturated carbocycles. The van der Waals surface area contributed by atoms with Gasteiger partial charge in [-0.05, 0) is 58.9 Å². The summed E-state index contributed by atoms with van der Waals surface area (Å²) in [7, 11) is -4.32. The highest BCUT2D eigenvalue weighted by Gasteiger charge is 2.31. The van der Waals surface area contributed by atoms with E-state index in [2.05, 4.69) is 4.74 Å². The van der Waals surface area contributed by atoms with Crippen LogP contribution in [-0.2, 0) is 20.7 Å². The van der Waals surface area contributed by atoms with Gasteiger partial charge in [0, 0.05) is 11.1 Å². The number of hydrogen-bond acceptors (Lipinski definition) is 5. The molecule has 0 aliphatic heterocycles. The number of phenols is 1. The van der Waals surface area contributed by atoms with Crippen molar-refractivity contribution in [2.75, 3.05) is 0 Å². The summed E-state index contributed by atoms with van der Waals surface area (Å²) in [6.07, 6.45) is -3.72. The molecule has 0 spiro atoms. The highest BCUT2D eigenvalue weighted by molar-refractivity contribution is 7.95. The van der Waals surface area contributed by atoms with Crippen LogP contribution in [0.15, 0.2) is 46.2 Å². The van der Waals surface area contributed by atoms with E-state index in [0.29, 0.717) is 16.7 Å². The lowest BCUT2D eigenvalue weighted by atomic mass is 9.78. The van der Waals surface area contributed by atoms with Gasteiger partial charge in [-0.25, -0.2) is 8.42 Å². The van der Waals surface area contributed by atoms with Crippen molar-refractivity contribution >= 4 is 15.9 Å². The first kappa shape index (κ1) is 26.3. The second-order valence-electron chi connectivity index (χ2n) is 9.61. The molecule has 0 aliphatic rings. The van der Waals surface area contributed by atoms with Gasteiger partial charge < -0.3 is 9.84 Å². The van der Waals surface area contributed by atoms with E-state index in [4.69, 9.17) is 0 Å². The molecule has 0 unspecified atom stereocenters. The molecule has 0 amide bonds. The minimum atomic E-state index is -4.91. The maximum absolute atomic E-state index is 13.0. The van der Waals surface area contributed by atoms with Crippen molar-refractivity contribution in [3.63, 3.8) is 0 Å². The average molecular weight is 482 g/mol. The summed E-state index contributed by atoms with van der Waals surface area (Å²) in [4.78, 5) is -0.937. The third kappa shape index (κ3) is 6.29. The predicted molar refractivity (Wildman–Crippen MR) is 119 cm³/mol. The molecule has 33 heavy (non-hydrogen) atoms. The number of phenolic OH excluding ortho intramolecular Hbond substituents is 1. The molecular formula is C24H26F3NO4S. The van der Waals surface area contributed by atoms with Gasteiger partial charge in [0.1, 0.15) is 22.5 Å². The maximum Gasteiger partial charge on any atom is 0.573 e. The first-order valence-electron chi connectivity index (χ1n) is 9.97. The summed E-state index contributed by atoms with van der Waals surface area (Å²) in [5.74, 6) is -0.471. The number of halogens is 3. The zero-order chi connectivity index (χ0) is 25.4. The van der Waals surface area contributed by atoms with Gasteiger partial charge in [0.25, 0.3) is 0 Å². The molecule has 0 atom stereocenters. The first-order valence-corrected chi connectivity index (χ1v) is 11.5. The number of benzene rings is 2. The van der Waals surface area contributed by atoms with E-state index in [1.165, 1.54) is 6.08 Å². The Hall–Kier alpha value is -2.99. The molecular weight excluding hydrogens is 455 g/mol. The molecule has 0 aliphatic carbocycles. The Morgan fingerprint density at radius 2 is 1.42 bits per heavy atom. The second-order valence-corrected chi connectivity index (χ2v) is 11.5. The van der Waals surface area contributed by atoms with Crippen molar-refractivity contribution < 1.29 is 31.4 Å². The van der Waals surface area contributed by atoms with E-state index in [1.54, 1.807) is 18.2 Å². The number of ether oxygens (including phenoxy) is 1. The van der Waals surface area contributed by atoms with Crippen LogP contribution >= 0.6 is 0 Å². The van der Waals surface area contributed by atoms with E-state index < -0.39 is 37.7 Å². The van der Waals surface area contributed by atoms with Crippen LogP contribution in [0.5, 0.6) is 11.5 Å². The summed E-state index contributed by atoms with van der Waals surface area (Å²) in [6, 6.07) is 8.54. The largest absolute Gasteiger partial charge is 0.573 e. The minimum Gasteiger partial charge on any atom is -0.507 e. The Kier molecular flexibility index (Phi) is 6.96. The van der Waals surface area contributed by atoms with Gasteiger partial charge in [-0.2, -0.15) is 5.26 Å². The van der Waals surface area contributed by atoms with E-state index in [1.807, 2.05) is 41.5 Å². The number of hydrogen-bond donors (Lipinski definition) is 1. The third-order valence-corrected chi connectivity index (χ3v) is 6.49. The molecule has 0 saturated heterocycles. The van der Waals surface area contributed by atoms with E-state index in [0.717, 1.165) is 24.3 Å². The Morgan fingerprint density at radius 3 is 1.79 bits per heavy atom. The molecule has 0 radical (unpaired) electrons. The topological polar surface area (TPSA) is 87.4 Å². The lowest BCUT2D eigenvalue weighted by Crippen LogP contribution is -2.17. The molecule has 0 aromatic heterocycles. The van der Waals surface area contributed by atoms with E-state index in [-0.39, 0.29) is 10.6 Å². The van der Waals surface area contributed by atoms with Crippen molar-refractivity contribution in [3.05, 3.63) is 58.0 Å². The molecule has 2 aromatic rings. The fourth-order valence-corrected chi connectivity index (χ4v) is 4.31. The zero-order valence-electron chi connectivity index (χ0n) is 19.2. The lowest BCUT2D eigenvalue weighted by molar-refractivity contribution is -0.274. The standard InChI is InChI=1S/C24H26F3NO4S/c1-22(2,3)19-12-15(13-20(21(19)29)23(4,5)6)11-18(14-28)33(30,31)17-9-7-16(8-10-17)32-24(25,26)27/h7-13,29H,1-6H3/b18-11+. The van der Waals surface area contributed by atoms with Gasteiger partial charge in [-0.15, -0.1) is 13.2 Å². The summed E-state index contributed by atoms with van der Waals surface area (Å²) in [5.41, 5.74) is 0.649. The van der Waals surface area contributed by atoms with Crippen molar-refractivity contribution in [1.82, 2.24) is 0 Å². The van der Waals surface area contributed by atoms with E-state index in [9.17, 15) is 32.0 Å². The maximum atomic E-state index is 13.0. The molecule has 0 fully saturated rings. The lowest BCUT2D eigenvalue weighted by Gasteiger charge is -2.28. The Balaban J connectivity index is 2.62.